The van der Waals surface area contributed by atoms with Gasteiger partial charge in [0, 0.05) is 0 Å². The Hall–Kier alpha value is -1.00. The van der Waals surface area contributed by atoms with Gasteiger partial charge in [-0.15, -0.1) is 0 Å². The van der Waals surface area contributed by atoms with Crippen LogP contribution in [0.25, 0.3) is 0 Å². The highest BCUT2D eigenvalue weighted by atomic mass is 19.3. The first kappa shape index (κ1) is 6.12. The zero-order valence-corrected chi connectivity index (χ0v) is 4.19. The first-order valence-corrected chi connectivity index (χ1v) is 2.15. The number of hydrogen-bond acceptors (Lipinski definition) is 3. The summed E-state index contributed by atoms with van der Waals surface area (Å²) in [5, 5.41) is 0. The number of cyclic esters (lactones) is 2. The Labute approximate surface area is 48.6 Å². The Morgan fingerprint density at radius 2 is 2.00 bits per heavy atom. The van der Waals surface area contributed by atoms with Gasteiger partial charge >= 0.3 is 17.9 Å². The second-order valence-electron chi connectivity index (χ2n) is 1.64. The maximum atomic E-state index is 11.9. The largest absolute Gasteiger partial charge is 0.388 e. The van der Waals surface area contributed by atoms with Gasteiger partial charge in [0.2, 0.25) is 0 Å². The highest BCUT2D eigenvalue weighted by molar-refractivity contribution is 5.98. The minimum atomic E-state index is -3.59. The van der Waals surface area contributed by atoms with Crippen molar-refractivity contribution in [3.8, 4) is 0 Å². The van der Waals surface area contributed by atoms with E-state index < -0.39 is 24.3 Å². The molecule has 0 aromatic heterocycles. The van der Waals surface area contributed by atoms with Crippen molar-refractivity contribution < 1.29 is 23.1 Å². The third-order valence-corrected chi connectivity index (χ3v) is 0.872. The maximum Gasteiger partial charge on any atom is 0.385 e. The van der Waals surface area contributed by atoms with Gasteiger partial charge < -0.3 is 4.74 Å². The molecule has 0 unspecified atom stereocenters. The van der Waals surface area contributed by atoms with E-state index in [1.54, 1.807) is 0 Å². The average molecular weight is 136 g/mol. The molecule has 9 heavy (non-hydrogen) atoms. The molecule has 0 radical (unpaired) electrons. The Morgan fingerprint density at radius 1 is 1.44 bits per heavy atom. The minimum Gasteiger partial charge on any atom is -0.388 e. The van der Waals surface area contributed by atoms with Gasteiger partial charge in [0.1, 0.15) is 6.42 Å². The molecule has 0 N–H and O–H groups in total. The Bertz CT molecular complexity index is 175. The molecular weight excluding hydrogens is 134 g/mol. The number of ether oxygens (including phenoxy) is 1. The van der Waals surface area contributed by atoms with Gasteiger partial charge in [-0.25, -0.2) is 4.79 Å². The highest BCUT2D eigenvalue weighted by Crippen LogP contribution is 2.26. The second kappa shape index (κ2) is 1.49. The normalized spacial score (nSPS) is 24.2. The molecule has 0 saturated carbocycles. The van der Waals surface area contributed by atoms with Crippen molar-refractivity contribution in [2.24, 2.45) is 0 Å². The molecule has 3 nitrogen and oxygen atoms in total. The number of carbonyl (C=O) groups excluding carboxylic acids is 2. The van der Waals surface area contributed by atoms with Gasteiger partial charge in [0.15, 0.2) is 0 Å². The molecule has 1 rings (SSSR count). The predicted molar refractivity (Wildman–Crippen MR) is 20.7 cm³/mol. The Kier molecular flexibility index (Phi) is 1.01. The Morgan fingerprint density at radius 3 is 2.11 bits per heavy atom. The summed E-state index contributed by atoms with van der Waals surface area (Å²) in [6.45, 7) is 0. The molecule has 1 saturated heterocycles. The summed E-state index contributed by atoms with van der Waals surface area (Å²) < 4.78 is 27.3. The van der Waals surface area contributed by atoms with Crippen LogP contribution in [0.2, 0.25) is 0 Å². The van der Waals surface area contributed by atoms with Crippen molar-refractivity contribution in [1.82, 2.24) is 0 Å². The number of alkyl halides is 2. The van der Waals surface area contributed by atoms with Gasteiger partial charge in [-0.05, 0) is 0 Å². The van der Waals surface area contributed by atoms with Crippen molar-refractivity contribution in [3.63, 3.8) is 0 Å². The van der Waals surface area contributed by atoms with Gasteiger partial charge in [0.25, 0.3) is 0 Å². The van der Waals surface area contributed by atoms with Gasteiger partial charge in [-0.1, -0.05) is 0 Å². The summed E-state index contributed by atoms with van der Waals surface area (Å²) in [4.78, 5) is 19.9. The molecular formula is C4H2F2O3. The summed E-state index contributed by atoms with van der Waals surface area (Å²) in [7, 11) is 0. The van der Waals surface area contributed by atoms with E-state index in [0.717, 1.165) is 0 Å². The van der Waals surface area contributed by atoms with Crippen molar-refractivity contribution >= 4 is 11.9 Å². The van der Waals surface area contributed by atoms with Crippen LogP contribution >= 0.6 is 0 Å². The van der Waals surface area contributed by atoms with Crippen molar-refractivity contribution in [2.75, 3.05) is 0 Å². The van der Waals surface area contributed by atoms with Gasteiger partial charge in [0.05, 0.1) is 0 Å². The van der Waals surface area contributed by atoms with Crippen LogP contribution in [0.3, 0.4) is 0 Å². The van der Waals surface area contributed by atoms with Crippen LogP contribution < -0.4 is 0 Å². The van der Waals surface area contributed by atoms with Crippen LogP contribution in [-0.4, -0.2) is 17.9 Å². The van der Waals surface area contributed by atoms with E-state index in [0.29, 0.717) is 0 Å². The van der Waals surface area contributed by atoms with Crippen molar-refractivity contribution in [3.05, 3.63) is 0 Å². The van der Waals surface area contributed by atoms with E-state index in [1.165, 1.54) is 0 Å². The molecule has 0 amide bonds. The van der Waals surface area contributed by atoms with Crippen molar-refractivity contribution in [2.45, 2.75) is 12.3 Å². The van der Waals surface area contributed by atoms with Crippen molar-refractivity contribution in [1.29, 1.82) is 0 Å². The second-order valence-corrected chi connectivity index (χ2v) is 1.64. The molecule has 1 fully saturated rings. The molecule has 50 valence electrons. The van der Waals surface area contributed by atoms with E-state index in [4.69, 9.17) is 0 Å². The van der Waals surface area contributed by atoms with Gasteiger partial charge in [-0.2, -0.15) is 8.78 Å². The fourth-order valence-corrected chi connectivity index (χ4v) is 0.468. The minimum absolute atomic E-state index is 1.12. The van der Waals surface area contributed by atoms with E-state index in [9.17, 15) is 18.4 Å². The molecule has 5 heteroatoms. The average Bonchev–Trinajstić information content (AvgIpc) is 1.79. The zero-order valence-electron chi connectivity index (χ0n) is 4.19. The third kappa shape index (κ3) is 0.893. The molecule has 0 aromatic carbocycles. The third-order valence-electron chi connectivity index (χ3n) is 0.872. The van der Waals surface area contributed by atoms with Crippen LogP contribution in [-0.2, 0) is 14.3 Å². The molecule has 0 atom stereocenters. The van der Waals surface area contributed by atoms with Crippen LogP contribution in [0.1, 0.15) is 6.42 Å². The molecule has 0 bridgehead atoms. The smallest absolute Gasteiger partial charge is 0.385 e. The first-order valence-electron chi connectivity index (χ1n) is 2.15. The van der Waals surface area contributed by atoms with E-state index in [-0.39, 0.29) is 0 Å². The van der Waals surface area contributed by atoms with Gasteiger partial charge in [-0.3, -0.25) is 4.79 Å². The fourth-order valence-electron chi connectivity index (χ4n) is 0.468. The predicted octanol–water partition coefficient (Wildman–Crippen LogP) is 0.0952. The van der Waals surface area contributed by atoms with E-state index in [1.807, 2.05) is 0 Å². The number of hydrogen-bond donors (Lipinski definition) is 0. The Balaban J connectivity index is 2.81. The lowest BCUT2D eigenvalue weighted by atomic mass is 10.3. The lowest BCUT2D eigenvalue weighted by molar-refractivity contribution is -0.161. The lowest BCUT2D eigenvalue weighted by Gasteiger charge is -1.96. The monoisotopic (exact) mass is 136 g/mol. The fraction of sp³-hybridized carbons (Fsp3) is 0.500. The first-order chi connectivity index (χ1) is 4.02. The SMILES string of the molecule is O=C1CC(F)(F)C(=O)O1. The van der Waals surface area contributed by atoms with Crippen LogP contribution in [0, 0.1) is 0 Å². The lowest BCUT2D eigenvalue weighted by Crippen LogP contribution is -2.21. The molecule has 0 spiro atoms. The molecule has 1 aliphatic heterocycles. The standard InChI is InChI=1S/C4H2F2O3/c5-4(6)1-2(7)9-3(4)8/h1H2. The van der Waals surface area contributed by atoms with Crippen LogP contribution in [0.5, 0.6) is 0 Å². The quantitative estimate of drug-likeness (QED) is 0.350. The topological polar surface area (TPSA) is 43.4 Å². The zero-order chi connectivity index (χ0) is 7.07. The van der Waals surface area contributed by atoms with E-state index >= 15 is 0 Å². The summed E-state index contributed by atoms with van der Waals surface area (Å²) in [5.74, 6) is -6.49. The summed E-state index contributed by atoms with van der Waals surface area (Å²) in [6.07, 6.45) is -1.12. The summed E-state index contributed by atoms with van der Waals surface area (Å²) in [5.41, 5.74) is 0. The number of esters is 2. The molecule has 0 aromatic rings. The summed E-state index contributed by atoms with van der Waals surface area (Å²) in [6, 6.07) is 0. The van der Waals surface area contributed by atoms with E-state index in [2.05, 4.69) is 4.74 Å². The number of rotatable bonds is 0. The maximum absolute atomic E-state index is 11.9. The molecule has 1 heterocycles. The van der Waals surface area contributed by atoms with Crippen LogP contribution in [0.15, 0.2) is 0 Å². The highest BCUT2D eigenvalue weighted by Gasteiger charge is 2.50. The van der Waals surface area contributed by atoms with Crippen LogP contribution in [0.4, 0.5) is 8.78 Å². The number of halogens is 2. The number of carbonyl (C=O) groups is 2. The molecule has 0 aliphatic carbocycles. The molecule has 1 aliphatic rings. The summed E-state index contributed by atoms with van der Waals surface area (Å²) >= 11 is 0.